The number of nitrogens with one attached hydrogen (secondary N) is 2. The minimum Gasteiger partial charge on any atom is -0.355 e. The first-order chi connectivity index (χ1) is 13.8. The van der Waals surface area contributed by atoms with E-state index < -0.39 is 10.8 Å². The number of halogens is 1. The fourth-order valence-corrected chi connectivity index (χ4v) is 4.54. The average Bonchev–Trinajstić information content (AvgIpc) is 3.28. The van der Waals surface area contributed by atoms with Crippen molar-refractivity contribution in [3.63, 3.8) is 0 Å². The van der Waals surface area contributed by atoms with E-state index in [1.54, 1.807) is 7.05 Å². The molecule has 1 aliphatic rings. The predicted octanol–water partition coefficient (Wildman–Crippen LogP) is 3.41. The van der Waals surface area contributed by atoms with Crippen LogP contribution >= 0.6 is 24.0 Å². The summed E-state index contributed by atoms with van der Waals surface area (Å²) in [5.74, 6) is 1.31. The normalized spacial score (nSPS) is 16.7. The van der Waals surface area contributed by atoms with Crippen molar-refractivity contribution in [2.75, 3.05) is 39.0 Å². The zero-order valence-electron chi connectivity index (χ0n) is 16.9. The summed E-state index contributed by atoms with van der Waals surface area (Å²) >= 11 is 0. The fraction of sp³-hybridized carbons (Fsp3) is 0.409. The minimum atomic E-state index is -1.000. The average molecular weight is 526 g/mol. The summed E-state index contributed by atoms with van der Waals surface area (Å²) in [6.45, 7) is 3.69. The summed E-state index contributed by atoms with van der Waals surface area (Å²) in [6.07, 6.45) is 2.53. The van der Waals surface area contributed by atoms with Crippen molar-refractivity contribution in [1.29, 1.82) is 0 Å². The van der Waals surface area contributed by atoms with E-state index in [1.807, 2.05) is 30.3 Å². The van der Waals surface area contributed by atoms with Gasteiger partial charge in [0.05, 0.1) is 16.8 Å². The summed E-state index contributed by atoms with van der Waals surface area (Å²) in [4.78, 5) is 7.73. The highest BCUT2D eigenvalue weighted by atomic mass is 127. The summed E-state index contributed by atoms with van der Waals surface area (Å²) < 4.78 is 12.3. The zero-order chi connectivity index (χ0) is 19.6. The second-order valence-corrected chi connectivity index (χ2v) is 8.48. The number of benzene rings is 2. The van der Waals surface area contributed by atoms with E-state index in [1.165, 1.54) is 18.4 Å². The molecule has 0 aromatic heterocycles. The molecule has 1 heterocycles. The number of likely N-dealkylation sites (tertiary alicyclic amines) is 1. The molecule has 0 bridgehead atoms. The van der Waals surface area contributed by atoms with Crippen molar-refractivity contribution in [2.24, 2.45) is 4.99 Å². The fourth-order valence-electron chi connectivity index (χ4n) is 3.55. The molecular formula is C22H31IN4OS. The van der Waals surface area contributed by atoms with Gasteiger partial charge >= 0.3 is 0 Å². The van der Waals surface area contributed by atoms with Crippen LogP contribution < -0.4 is 10.6 Å². The molecule has 2 aromatic rings. The maximum atomic E-state index is 12.3. The molecular weight excluding hydrogens is 495 g/mol. The molecule has 158 valence electrons. The highest BCUT2D eigenvalue weighted by Gasteiger charge is 2.23. The Hall–Kier alpha value is -1.45. The second-order valence-electron chi connectivity index (χ2n) is 6.91. The Morgan fingerprint density at radius 2 is 1.66 bits per heavy atom. The molecule has 0 radical (unpaired) electrons. The standard InChI is InChI=1S/C22H30N4OS.HI/c1-23-22(24-14-17-28(27)20-12-6-3-7-13-20)25-18-21(26-15-8-9-16-26)19-10-4-2-5-11-19;/h2-7,10-13,21H,8-9,14-18H2,1H3,(H2,23,24,25);1H. The summed E-state index contributed by atoms with van der Waals surface area (Å²) in [7, 11) is 0.775. The van der Waals surface area contributed by atoms with Crippen LogP contribution in [-0.4, -0.2) is 54.0 Å². The van der Waals surface area contributed by atoms with Gasteiger partial charge in [-0.2, -0.15) is 0 Å². The number of hydrogen-bond donors (Lipinski definition) is 2. The van der Waals surface area contributed by atoms with Gasteiger partial charge in [0.2, 0.25) is 0 Å². The number of aliphatic imine (C=N–C) groups is 1. The molecule has 1 aliphatic heterocycles. The molecule has 0 spiro atoms. The first kappa shape index (κ1) is 23.8. The van der Waals surface area contributed by atoms with Gasteiger partial charge in [-0.3, -0.25) is 14.1 Å². The third kappa shape index (κ3) is 7.38. The molecule has 2 atom stereocenters. The first-order valence-corrected chi connectivity index (χ1v) is 11.3. The van der Waals surface area contributed by atoms with Gasteiger partial charge in [0.25, 0.3) is 0 Å². The molecule has 1 saturated heterocycles. The summed E-state index contributed by atoms with van der Waals surface area (Å²) in [6, 6.07) is 20.6. The van der Waals surface area contributed by atoms with Crippen molar-refractivity contribution < 1.29 is 4.21 Å². The van der Waals surface area contributed by atoms with E-state index in [-0.39, 0.29) is 24.0 Å². The van der Waals surface area contributed by atoms with Gasteiger partial charge in [0.1, 0.15) is 0 Å². The van der Waals surface area contributed by atoms with Gasteiger partial charge in [-0.05, 0) is 43.6 Å². The van der Waals surface area contributed by atoms with Gasteiger partial charge in [-0.15, -0.1) is 24.0 Å². The van der Waals surface area contributed by atoms with Crippen LogP contribution in [0.4, 0.5) is 0 Å². The van der Waals surface area contributed by atoms with Gasteiger partial charge in [-0.25, -0.2) is 0 Å². The lowest BCUT2D eigenvalue weighted by Gasteiger charge is -2.29. The van der Waals surface area contributed by atoms with Crippen LogP contribution in [0.2, 0.25) is 0 Å². The van der Waals surface area contributed by atoms with Crippen molar-refractivity contribution >= 4 is 40.7 Å². The van der Waals surface area contributed by atoms with Crippen LogP contribution in [0.1, 0.15) is 24.4 Å². The van der Waals surface area contributed by atoms with E-state index in [2.05, 4.69) is 50.9 Å². The lowest BCUT2D eigenvalue weighted by atomic mass is 10.1. The SMILES string of the molecule is CN=C(NCCS(=O)c1ccccc1)NCC(c1ccccc1)N1CCCC1.I. The lowest BCUT2D eigenvalue weighted by molar-refractivity contribution is 0.245. The van der Waals surface area contributed by atoms with Crippen LogP contribution in [0.5, 0.6) is 0 Å². The molecule has 5 nitrogen and oxygen atoms in total. The molecule has 29 heavy (non-hydrogen) atoms. The zero-order valence-corrected chi connectivity index (χ0v) is 20.1. The smallest absolute Gasteiger partial charge is 0.191 e. The number of guanidine groups is 1. The van der Waals surface area contributed by atoms with E-state index in [4.69, 9.17) is 0 Å². The van der Waals surface area contributed by atoms with Crippen molar-refractivity contribution in [2.45, 2.75) is 23.8 Å². The largest absolute Gasteiger partial charge is 0.355 e. The Morgan fingerprint density at radius 3 is 2.28 bits per heavy atom. The maximum Gasteiger partial charge on any atom is 0.191 e. The Morgan fingerprint density at radius 1 is 1.03 bits per heavy atom. The highest BCUT2D eigenvalue weighted by molar-refractivity contribution is 14.0. The van der Waals surface area contributed by atoms with Crippen LogP contribution in [0.25, 0.3) is 0 Å². The van der Waals surface area contributed by atoms with Crippen LogP contribution in [-0.2, 0) is 10.8 Å². The number of rotatable bonds is 8. The molecule has 2 aromatic carbocycles. The van der Waals surface area contributed by atoms with Gasteiger partial charge in [0, 0.05) is 30.8 Å². The Labute approximate surface area is 193 Å². The molecule has 7 heteroatoms. The minimum absolute atomic E-state index is 0. The second kappa shape index (κ2) is 13.0. The van der Waals surface area contributed by atoms with Crippen LogP contribution in [0.15, 0.2) is 70.6 Å². The molecule has 2 N–H and O–H groups in total. The number of nitrogens with zero attached hydrogens (tertiary/aromatic N) is 2. The third-order valence-corrected chi connectivity index (χ3v) is 6.41. The van der Waals surface area contributed by atoms with Gasteiger partial charge in [-0.1, -0.05) is 48.5 Å². The van der Waals surface area contributed by atoms with Gasteiger partial charge in [0.15, 0.2) is 5.96 Å². The van der Waals surface area contributed by atoms with Crippen molar-refractivity contribution in [3.05, 3.63) is 66.2 Å². The molecule has 0 aliphatic carbocycles. The van der Waals surface area contributed by atoms with E-state index in [0.29, 0.717) is 18.3 Å². The van der Waals surface area contributed by atoms with Crippen molar-refractivity contribution in [3.8, 4) is 0 Å². The lowest BCUT2D eigenvalue weighted by Crippen LogP contribution is -2.43. The predicted molar refractivity (Wildman–Crippen MR) is 132 cm³/mol. The first-order valence-electron chi connectivity index (χ1n) is 9.95. The Bertz CT molecular complexity index is 767. The van der Waals surface area contributed by atoms with Crippen molar-refractivity contribution in [1.82, 2.24) is 15.5 Å². The quantitative estimate of drug-likeness (QED) is 0.315. The monoisotopic (exact) mass is 526 g/mol. The number of hydrogen-bond acceptors (Lipinski definition) is 3. The molecule has 3 rings (SSSR count). The van der Waals surface area contributed by atoms with Crippen LogP contribution in [0, 0.1) is 0 Å². The van der Waals surface area contributed by atoms with Crippen LogP contribution in [0.3, 0.4) is 0 Å². The Kier molecular flexibility index (Phi) is 10.7. The van der Waals surface area contributed by atoms with E-state index >= 15 is 0 Å². The molecule has 2 unspecified atom stereocenters. The molecule has 1 fully saturated rings. The highest BCUT2D eigenvalue weighted by Crippen LogP contribution is 2.24. The summed E-state index contributed by atoms with van der Waals surface area (Å²) in [5, 5.41) is 6.75. The molecule has 0 amide bonds. The Balaban J connectivity index is 0.00000300. The van der Waals surface area contributed by atoms with Gasteiger partial charge < -0.3 is 10.6 Å². The van der Waals surface area contributed by atoms with E-state index in [9.17, 15) is 4.21 Å². The third-order valence-electron chi connectivity index (χ3n) is 5.04. The van der Waals surface area contributed by atoms with E-state index in [0.717, 1.165) is 30.5 Å². The maximum absolute atomic E-state index is 12.3. The topological polar surface area (TPSA) is 56.7 Å². The summed E-state index contributed by atoms with van der Waals surface area (Å²) in [5.41, 5.74) is 1.33. The molecule has 0 saturated carbocycles.